The number of primary amides is 1. The van der Waals surface area contributed by atoms with Gasteiger partial charge < -0.3 is 21.5 Å². The molecule has 0 aromatic rings. The molecule has 21 heavy (non-hydrogen) atoms. The molecule has 0 aliphatic heterocycles. The van der Waals surface area contributed by atoms with E-state index >= 15 is 0 Å². The van der Waals surface area contributed by atoms with Gasteiger partial charge in [-0.2, -0.15) is 0 Å². The lowest BCUT2D eigenvalue weighted by atomic mass is 9.97. The first-order valence-electron chi connectivity index (χ1n) is 7.22. The summed E-state index contributed by atoms with van der Waals surface area (Å²) in [5.41, 5.74) is 6.31. The number of amides is 3. The maximum atomic E-state index is 11.6. The normalized spacial score (nSPS) is 15.7. The zero-order valence-corrected chi connectivity index (χ0v) is 12.1. The molecule has 0 heterocycles. The fourth-order valence-corrected chi connectivity index (χ4v) is 2.22. The molecule has 0 spiro atoms. The molecule has 7 heteroatoms. The summed E-state index contributed by atoms with van der Waals surface area (Å²) in [6.07, 6.45) is 7.47. The van der Waals surface area contributed by atoms with Crippen molar-refractivity contribution in [3.8, 4) is 0 Å². The first kappa shape index (κ1) is 17.0. The van der Waals surface area contributed by atoms with Gasteiger partial charge in [-0.05, 0) is 38.5 Å². The Morgan fingerprint density at radius 1 is 1.33 bits per heavy atom. The van der Waals surface area contributed by atoms with Crippen molar-refractivity contribution in [2.24, 2.45) is 5.73 Å². The minimum absolute atomic E-state index is 0.0107. The SMILES string of the molecule is NC(=O)CC[C@H](NC(=O)NCCC1=CCCCC1)C(=O)O. The van der Waals surface area contributed by atoms with Gasteiger partial charge >= 0.3 is 12.0 Å². The number of hydrogen-bond donors (Lipinski definition) is 4. The molecule has 0 saturated heterocycles. The number of carbonyl (C=O) groups excluding carboxylic acids is 2. The third-order valence-electron chi connectivity index (χ3n) is 3.40. The minimum Gasteiger partial charge on any atom is -0.480 e. The maximum Gasteiger partial charge on any atom is 0.326 e. The van der Waals surface area contributed by atoms with Crippen LogP contribution in [0.3, 0.4) is 0 Å². The van der Waals surface area contributed by atoms with Crippen LogP contribution in [0.2, 0.25) is 0 Å². The van der Waals surface area contributed by atoms with Crippen LogP contribution in [0, 0.1) is 0 Å². The van der Waals surface area contributed by atoms with Crippen molar-refractivity contribution >= 4 is 17.9 Å². The summed E-state index contributed by atoms with van der Waals surface area (Å²) in [5.74, 6) is -1.77. The standard InChI is InChI=1S/C14H23N3O4/c15-12(18)7-6-11(13(19)20)17-14(21)16-9-8-10-4-2-1-3-5-10/h4,11H,1-3,5-9H2,(H2,15,18)(H,19,20)(H2,16,17,21)/t11-/m0/s1. The highest BCUT2D eigenvalue weighted by Gasteiger charge is 2.20. The average Bonchev–Trinajstić information content (AvgIpc) is 2.44. The smallest absolute Gasteiger partial charge is 0.326 e. The van der Waals surface area contributed by atoms with Crippen molar-refractivity contribution in [1.29, 1.82) is 0 Å². The number of carbonyl (C=O) groups is 3. The summed E-state index contributed by atoms with van der Waals surface area (Å²) in [4.78, 5) is 33.2. The fourth-order valence-electron chi connectivity index (χ4n) is 2.22. The highest BCUT2D eigenvalue weighted by atomic mass is 16.4. The van der Waals surface area contributed by atoms with Crippen LogP contribution >= 0.6 is 0 Å². The van der Waals surface area contributed by atoms with E-state index in [1.54, 1.807) is 0 Å². The topological polar surface area (TPSA) is 122 Å². The zero-order valence-electron chi connectivity index (χ0n) is 12.1. The number of nitrogens with two attached hydrogens (primary N) is 1. The van der Waals surface area contributed by atoms with Gasteiger partial charge in [0.25, 0.3) is 0 Å². The van der Waals surface area contributed by atoms with E-state index in [4.69, 9.17) is 10.8 Å². The van der Waals surface area contributed by atoms with Gasteiger partial charge in [-0.3, -0.25) is 4.79 Å². The van der Waals surface area contributed by atoms with Gasteiger partial charge in [-0.15, -0.1) is 0 Å². The van der Waals surface area contributed by atoms with Gasteiger partial charge in [0.2, 0.25) is 5.91 Å². The number of nitrogens with one attached hydrogen (secondary N) is 2. The molecule has 7 nitrogen and oxygen atoms in total. The van der Waals surface area contributed by atoms with Crippen molar-refractivity contribution < 1.29 is 19.5 Å². The van der Waals surface area contributed by atoms with Crippen LogP contribution in [0.1, 0.15) is 44.9 Å². The molecule has 5 N–H and O–H groups in total. The van der Waals surface area contributed by atoms with Gasteiger partial charge in [-0.1, -0.05) is 11.6 Å². The Morgan fingerprint density at radius 2 is 2.10 bits per heavy atom. The largest absolute Gasteiger partial charge is 0.480 e. The van der Waals surface area contributed by atoms with Crippen molar-refractivity contribution in [3.63, 3.8) is 0 Å². The fraction of sp³-hybridized carbons (Fsp3) is 0.643. The minimum atomic E-state index is -1.18. The molecule has 0 fully saturated rings. The van der Waals surface area contributed by atoms with Crippen LogP contribution in [-0.4, -0.2) is 35.6 Å². The lowest BCUT2D eigenvalue weighted by Crippen LogP contribution is -2.46. The molecule has 0 unspecified atom stereocenters. The zero-order chi connectivity index (χ0) is 15.7. The molecule has 1 aliphatic carbocycles. The number of carboxylic acids is 1. The highest BCUT2D eigenvalue weighted by molar-refractivity contribution is 5.83. The Hall–Kier alpha value is -2.05. The molecule has 1 rings (SSSR count). The van der Waals surface area contributed by atoms with Crippen molar-refractivity contribution in [2.45, 2.75) is 51.0 Å². The number of urea groups is 1. The Kier molecular flexibility index (Phi) is 7.28. The van der Waals surface area contributed by atoms with E-state index in [2.05, 4.69) is 16.7 Å². The van der Waals surface area contributed by atoms with Crippen LogP contribution in [0.15, 0.2) is 11.6 Å². The second-order valence-electron chi connectivity index (χ2n) is 5.15. The van der Waals surface area contributed by atoms with Gasteiger partial charge in [-0.25, -0.2) is 9.59 Å². The third-order valence-corrected chi connectivity index (χ3v) is 3.40. The molecular weight excluding hydrogens is 274 g/mol. The average molecular weight is 297 g/mol. The lowest BCUT2D eigenvalue weighted by molar-refractivity contribution is -0.139. The molecule has 1 aliphatic rings. The summed E-state index contributed by atoms with van der Waals surface area (Å²) in [6.45, 7) is 0.472. The molecule has 0 aromatic carbocycles. The number of carboxylic acid groups (broad SMARTS) is 1. The summed E-state index contributed by atoms with van der Waals surface area (Å²) >= 11 is 0. The molecule has 118 valence electrons. The van der Waals surface area contributed by atoms with Gasteiger partial charge in [0, 0.05) is 13.0 Å². The highest BCUT2D eigenvalue weighted by Crippen LogP contribution is 2.19. The molecule has 0 bridgehead atoms. The molecule has 3 amide bonds. The summed E-state index contributed by atoms with van der Waals surface area (Å²) in [5, 5.41) is 13.9. The van der Waals surface area contributed by atoms with Gasteiger partial charge in [0.05, 0.1) is 0 Å². The van der Waals surface area contributed by atoms with E-state index in [1.807, 2.05) is 0 Å². The first-order chi connectivity index (χ1) is 9.99. The van der Waals surface area contributed by atoms with E-state index in [9.17, 15) is 14.4 Å². The second-order valence-corrected chi connectivity index (χ2v) is 5.15. The van der Waals surface area contributed by atoms with Crippen LogP contribution in [-0.2, 0) is 9.59 Å². The monoisotopic (exact) mass is 297 g/mol. The maximum absolute atomic E-state index is 11.6. The van der Waals surface area contributed by atoms with E-state index < -0.39 is 23.9 Å². The predicted molar refractivity (Wildman–Crippen MR) is 77.6 cm³/mol. The summed E-state index contributed by atoms with van der Waals surface area (Å²) < 4.78 is 0. The van der Waals surface area contributed by atoms with Crippen LogP contribution < -0.4 is 16.4 Å². The van der Waals surface area contributed by atoms with Crippen LogP contribution in [0.4, 0.5) is 4.79 Å². The number of allylic oxidation sites excluding steroid dienone is 1. The van der Waals surface area contributed by atoms with Gasteiger partial charge in [0.15, 0.2) is 0 Å². The van der Waals surface area contributed by atoms with Crippen molar-refractivity contribution in [3.05, 3.63) is 11.6 Å². The Morgan fingerprint density at radius 3 is 2.67 bits per heavy atom. The van der Waals surface area contributed by atoms with Crippen LogP contribution in [0.5, 0.6) is 0 Å². The van der Waals surface area contributed by atoms with E-state index in [0.717, 1.165) is 19.3 Å². The summed E-state index contributed by atoms with van der Waals surface area (Å²) in [6, 6.07) is -1.64. The van der Waals surface area contributed by atoms with Crippen molar-refractivity contribution in [2.75, 3.05) is 6.54 Å². The molecular formula is C14H23N3O4. The molecule has 0 radical (unpaired) electrons. The van der Waals surface area contributed by atoms with E-state index in [-0.39, 0.29) is 12.8 Å². The van der Waals surface area contributed by atoms with Crippen molar-refractivity contribution in [1.82, 2.24) is 10.6 Å². The lowest BCUT2D eigenvalue weighted by Gasteiger charge is -2.16. The quantitative estimate of drug-likeness (QED) is 0.497. The van der Waals surface area contributed by atoms with E-state index in [0.29, 0.717) is 6.54 Å². The summed E-state index contributed by atoms with van der Waals surface area (Å²) in [7, 11) is 0. The predicted octanol–water partition coefficient (Wildman–Crippen LogP) is 0.895. The number of rotatable bonds is 8. The van der Waals surface area contributed by atoms with Gasteiger partial charge in [0.1, 0.15) is 6.04 Å². The number of aliphatic carboxylic acids is 1. The first-order valence-corrected chi connectivity index (χ1v) is 7.22. The Balaban J connectivity index is 2.27. The molecule has 1 atom stereocenters. The van der Waals surface area contributed by atoms with E-state index in [1.165, 1.54) is 18.4 Å². The third kappa shape index (κ3) is 7.34. The molecule has 0 saturated carbocycles. The second kappa shape index (κ2) is 8.99. The Labute approximate surface area is 124 Å². The Bertz CT molecular complexity index is 420. The molecule has 0 aromatic heterocycles. The number of hydrogen-bond acceptors (Lipinski definition) is 3. The van der Waals surface area contributed by atoms with Crippen LogP contribution in [0.25, 0.3) is 0 Å².